The van der Waals surface area contributed by atoms with E-state index in [9.17, 15) is 25.0 Å². The van der Waals surface area contributed by atoms with Gasteiger partial charge in [-0.15, -0.1) is 0 Å². The number of hydrogen-bond acceptors (Lipinski definition) is 7. The molecule has 0 saturated heterocycles. The van der Waals surface area contributed by atoms with Crippen LogP contribution in [0.3, 0.4) is 0 Å². The lowest BCUT2D eigenvalue weighted by molar-refractivity contribution is -0.385. The number of carbonyl (C=O) groups is 1. The van der Waals surface area contributed by atoms with Crippen LogP contribution in [0.1, 0.15) is 23.0 Å². The molecule has 1 N–H and O–H groups in total. The largest absolute Gasteiger partial charge is 0.457 e. The summed E-state index contributed by atoms with van der Waals surface area (Å²) in [4.78, 5) is 33.7. The average Bonchev–Trinajstić information content (AvgIpc) is 3.16. The molecule has 0 spiro atoms. The van der Waals surface area contributed by atoms with Gasteiger partial charge in [-0.05, 0) is 37.6 Å². The summed E-state index contributed by atoms with van der Waals surface area (Å²) in [6, 6.07) is 8.52. The van der Waals surface area contributed by atoms with Gasteiger partial charge in [0.1, 0.15) is 17.7 Å². The van der Waals surface area contributed by atoms with Gasteiger partial charge in [0.2, 0.25) is 5.69 Å². The van der Waals surface area contributed by atoms with E-state index in [-0.39, 0.29) is 17.1 Å². The molecule has 0 bridgehead atoms. The van der Waals surface area contributed by atoms with Gasteiger partial charge in [0, 0.05) is 23.7 Å². The summed E-state index contributed by atoms with van der Waals surface area (Å²) in [6.45, 7) is 3.81. The van der Waals surface area contributed by atoms with Gasteiger partial charge in [0.05, 0.1) is 21.6 Å². The molecule has 0 saturated carbocycles. The summed E-state index contributed by atoms with van der Waals surface area (Å²) in [7, 11) is 0. The maximum atomic E-state index is 12.6. The molecule has 1 amide bonds. The van der Waals surface area contributed by atoms with Crippen molar-refractivity contribution >= 4 is 34.6 Å². The molecule has 0 radical (unpaired) electrons. The summed E-state index contributed by atoms with van der Waals surface area (Å²) in [5, 5.41) is 29.4. The minimum atomic E-state index is -0.882. The third kappa shape index (κ3) is 4.95. The van der Waals surface area contributed by atoms with Crippen LogP contribution >= 0.6 is 11.6 Å². The number of anilines is 1. The molecule has 3 aromatic rings. The first kappa shape index (κ1) is 21.7. The van der Waals surface area contributed by atoms with Crippen LogP contribution in [0.15, 0.2) is 42.6 Å². The number of amides is 1. The molecule has 12 heteroatoms. The van der Waals surface area contributed by atoms with Gasteiger partial charge in [-0.1, -0.05) is 11.6 Å². The number of non-ortho nitro benzene ring substituents is 1. The Balaban J connectivity index is 1.93. The minimum Gasteiger partial charge on any atom is -0.457 e. The number of rotatable bonds is 7. The second-order valence-electron chi connectivity index (χ2n) is 6.42. The number of aromatic nitrogens is 2. The number of nitro benzene ring substituents is 1. The van der Waals surface area contributed by atoms with E-state index in [0.717, 1.165) is 17.8 Å². The Hall–Kier alpha value is -3.99. The van der Waals surface area contributed by atoms with Crippen LogP contribution in [0.4, 0.5) is 17.1 Å². The molecule has 2 aromatic carbocycles. The number of aryl methyl sites for hydroxylation is 2. The highest BCUT2D eigenvalue weighted by atomic mass is 35.5. The van der Waals surface area contributed by atoms with Crippen molar-refractivity contribution in [1.82, 2.24) is 9.78 Å². The van der Waals surface area contributed by atoms with Crippen molar-refractivity contribution in [2.24, 2.45) is 0 Å². The lowest BCUT2D eigenvalue weighted by atomic mass is 10.2. The van der Waals surface area contributed by atoms with E-state index in [0.29, 0.717) is 17.3 Å². The van der Waals surface area contributed by atoms with Crippen LogP contribution in [0.25, 0.3) is 0 Å². The van der Waals surface area contributed by atoms with Gasteiger partial charge in [-0.3, -0.25) is 29.7 Å². The van der Waals surface area contributed by atoms with Crippen molar-refractivity contribution in [3.63, 3.8) is 0 Å². The van der Waals surface area contributed by atoms with Crippen LogP contribution in [0.5, 0.6) is 11.5 Å². The number of ether oxygens (including phenoxy) is 1. The van der Waals surface area contributed by atoms with Crippen molar-refractivity contribution in [2.75, 3.05) is 5.32 Å². The summed E-state index contributed by atoms with van der Waals surface area (Å²) in [5.74, 6) is -0.413. The molecule has 3 rings (SSSR count). The standard InChI is InChI=1S/C19H16ClN5O6/c1-3-23-10-17(25(29)30)18(22-23)19(26)21-12-7-13(24(27)28)9-15(8-12)31-14-4-5-16(20)11(2)6-14/h4-10H,3H2,1-2H3,(H,21,26). The maximum Gasteiger partial charge on any atom is 0.320 e. The molecule has 0 fully saturated rings. The Kier molecular flexibility index (Phi) is 6.16. The van der Waals surface area contributed by atoms with Gasteiger partial charge in [0.15, 0.2) is 0 Å². The van der Waals surface area contributed by atoms with Gasteiger partial charge >= 0.3 is 5.69 Å². The third-order valence-corrected chi connectivity index (χ3v) is 4.63. The highest BCUT2D eigenvalue weighted by Crippen LogP contribution is 2.31. The van der Waals surface area contributed by atoms with Crippen LogP contribution in [0, 0.1) is 27.2 Å². The summed E-state index contributed by atoms with van der Waals surface area (Å²) in [6.07, 6.45) is 1.14. The number of nitrogens with one attached hydrogen (secondary N) is 1. The molecule has 1 heterocycles. The van der Waals surface area contributed by atoms with Gasteiger partial charge < -0.3 is 10.1 Å². The number of hydrogen-bond donors (Lipinski definition) is 1. The number of nitro groups is 2. The molecular formula is C19H16ClN5O6. The fourth-order valence-corrected chi connectivity index (χ4v) is 2.81. The van der Waals surface area contributed by atoms with Crippen LogP contribution in [-0.2, 0) is 6.54 Å². The first-order valence-electron chi connectivity index (χ1n) is 8.94. The van der Waals surface area contributed by atoms with E-state index in [2.05, 4.69) is 10.4 Å². The molecule has 0 aliphatic carbocycles. The Morgan fingerprint density at radius 1 is 1.16 bits per heavy atom. The van der Waals surface area contributed by atoms with E-state index in [1.807, 2.05) is 0 Å². The lowest BCUT2D eigenvalue weighted by Gasteiger charge is -2.10. The number of halogens is 1. The monoisotopic (exact) mass is 445 g/mol. The zero-order valence-electron chi connectivity index (χ0n) is 16.4. The molecule has 0 aliphatic rings. The van der Waals surface area contributed by atoms with Crippen molar-refractivity contribution in [2.45, 2.75) is 20.4 Å². The molecule has 160 valence electrons. The summed E-state index contributed by atoms with van der Waals surface area (Å²) < 4.78 is 6.92. The topological polar surface area (TPSA) is 142 Å². The molecule has 0 unspecified atom stereocenters. The Morgan fingerprint density at radius 2 is 1.90 bits per heavy atom. The quantitative estimate of drug-likeness (QED) is 0.409. The SMILES string of the molecule is CCn1cc([N+](=O)[O-])c(C(=O)Nc2cc(Oc3ccc(Cl)c(C)c3)cc([N+](=O)[O-])c2)n1. The van der Waals surface area contributed by atoms with Crippen molar-refractivity contribution < 1.29 is 19.4 Å². The lowest BCUT2D eigenvalue weighted by Crippen LogP contribution is -2.15. The normalized spacial score (nSPS) is 10.5. The zero-order chi connectivity index (χ0) is 22.7. The molecule has 11 nitrogen and oxygen atoms in total. The van der Waals surface area contributed by atoms with E-state index >= 15 is 0 Å². The van der Waals surface area contributed by atoms with Gasteiger partial charge in [-0.2, -0.15) is 5.10 Å². The Morgan fingerprint density at radius 3 is 2.52 bits per heavy atom. The van der Waals surface area contributed by atoms with Crippen molar-refractivity contribution in [1.29, 1.82) is 0 Å². The zero-order valence-corrected chi connectivity index (χ0v) is 17.1. The summed E-state index contributed by atoms with van der Waals surface area (Å²) in [5.41, 5.74) is -0.462. The van der Waals surface area contributed by atoms with Crippen LogP contribution in [-0.4, -0.2) is 25.5 Å². The van der Waals surface area contributed by atoms with Crippen LogP contribution in [0.2, 0.25) is 5.02 Å². The number of nitrogens with zero attached hydrogens (tertiary/aromatic N) is 4. The maximum absolute atomic E-state index is 12.6. The second kappa shape index (κ2) is 8.79. The fourth-order valence-electron chi connectivity index (χ4n) is 2.70. The predicted molar refractivity (Wildman–Crippen MR) is 112 cm³/mol. The smallest absolute Gasteiger partial charge is 0.320 e. The summed E-state index contributed by atoms with van der Waals surface area (Å²) >= 11 is 5.99. The third-order valence-electron chi connectivity index (χ3n) is 4.20. The predicted octanol–water partition coefficient (Wildman–Crippen LogP) is 4.73. The highest BCUT2D eigenvalue weighted by Gasteiger charge is 2.26. The minimum absolute atomic E-state index is 0.0141. The first-order chi connectivity index (χ1) is 14.7. The number of carbonyl (C=O) groups excluding carboxylic acids is 1. The van der Waals surface area contributed by atoms with Crippen molar-refractivity contribution in [3.8, 4) is 11.5 Å². The molecular weight excluding hydrogens is 430 g/mol. The Labute approximate surface area is 180 Å². The van der Waals surface area contributed by atoms with E-state index in [4.69, 9.17) is 16.3 Å². The van der Waals surface area contributed by atoms with Gasteiger partial charge in [-0.25, -0.2) is 0 Å². The Bertz CT molecular complexity index is 1190. The van der Waals surface area contributed by atoms with E-state index in [1.54, 1.807) is 32.0 Å². The van der Waals surface area contributed by atoms with Crippen molar-refractivity contribution in [3.05, 3.63) is 79.1 Å². The average molecular weight is 446 g/mol. The molecule has 0 atom stereocenters. The van der Waals surface area contributed by atoms with Crippen LogP contribution < -0.4 is 10.1 Å². The van der Waals surface area contributed by atoms with Gasteiger partial charge in [0.25, 0.3) is 11.6 Å². The molecule has 1 aromatic heterocycles. The molecule has 31 heavy (non-hydrogen) atoms. The second-order valence-corrected chi connectivity index (χ2v) is 6.82. The van der Waals surface area contributed by atoms with E-state index < -0.39 is 27.1 Å². The van der Waals surface area contributed by atoms with E-state index in [1.165, 1.54) is 16.8 Å². The number of benzene rings is 2. The molecule has 0 aliphatic heterocycles. The fraction of sp³-hybridized carbons (Fsp3) is 0.158. The highest BCUT2D eigenvalue weighted by molar-refractivity contribution is 6.31. The first-order valence-corrected chi connectivity index (χ1v) is 9.32.